The fourth-order valence-electron chi connectivity index (χ4n) is 1.21. The van der Waals surface area contributed by atoms with E-state index in [9.17, 15) is 8.78 Å². The predicted molar refractivity (Wildman–Crippen MR) is 59.0 cm³/mol. The van der Waals surface area contributed by atoms with E-state index in [-0.39, 0.29) is 5.82 Å². The van der Waals surface area contributed by atoms with Crippen LogP contribution in [0.3, 0.4) is 0 Å². The molecule has 0 saturated carbocycles. The van der Waals surface area contributed by atoms with Crippen molar-refractivity contribution in [3.63, 3.8) is 0 Å². The summed E-state index contributed by atoms with van der Waals surface area (Å²) in [4.78, 5) is 4.01. The molecule has 0 fully saturated rings. The lowest BCUT2D eigenvalue weighted by atomic mass is 10.3. The van der Waals surface area contributed by atoms with E-state index in [0.717, 1.165) is 11.8 Å². The molecule has 0 N–H and O–H groups in total. The molecule has 0 spiro atoms. The van der Waals surface area contributed by atoms with Crippen LogP contribution < -0.4 is 0 Å². The Labute approximate surface area is 105 Å². The monoisotopic (exact) mass is 267 g/mol. The zero-order valence-electron chi connectivity index (χ0n) is 9.21. The van der Waals surface area contributed by atoms with Gasteiger partial charge in [-0.3, -0.25) is 0 Å². The highest BCUT2D eigenvalue weighted by atomic mass is 32.2. The molecule has 0 aliphatic heterocycles. The Hall–Kier alpha value is -2.01. The zero-order valence-corrected chi connectivity index (χ0v) is 10.0. The van der Waals surface area contributed by atoms with E-state index >= 15 is 0 Å². The van der Waals surface area contributed by atoms with Crippen LogP contribution in [0.25, 0.3) is 0 Å². The van der Waals surface area contributed by atoms with E-state index in [4.69, 9.17) is 5.26 Å². The normalized spacial score (nSPS) is 10.6. The number of hydrogen-bond donors (Lipinski definition) is 0. The number of halogens is 2. The molecule has 0 bridgehead atoms. The molecule has 8 heteroatoms. The van der Waals surface area contributed by atoms with E-state index in [1.54, 1.807) is 12.1 Å². The molecular weight excluding hydrogens is 260 g/mol. The van der Waals surface area contributed by atoms with Crippen molar-refractivity contribution in [2.75, 3.05) is 0 Å². The zero-order chi connectivity index (χ0) is 13.1. The lowest BCUT2D eigenvalue weighted by molar-refractivity contribution is 0.135. The SMILES string of the molecule is Cn1c(Sc2ccc(C#N)cn2)nnc1C(F)F. The van der Waals surface area contributed by atoms with Gasteiger partial charge < -0.3 is 4.57 Å². The molecule has 2 aromatic heterocycles. The molecular formula is C10H7F2N5S. The Morgan fingerprint density at radius 1 is 1.39 bits per heavy atom. The van der Waals surface area contributed by atoms with Crippen molar-refractivity contribution in [3.8, 4) is 6.07 Å². The molecule has 2 heterocycles. The lowest BCUT2D eigenvalue weighted by Gasteiger charge is -2.02. The van der Waals surface area contributed by atoms with Crippen LogP contribution in [-0.2, 0) is 7.05 Å². The molecule has 0 aliphatic carbocycles. The van der Waals surface area contributed by atoms with E-state index in [1.165, 1.54) is 17.8 Å². The van der Waals surface area contributed by atoms with Gasteiger partial charge in [0, 0.05) is 13.2 Å². The van der Waals surface area contributed by atoms with Crippen molar-refractivity contribution in [1.82, 2.24) is 19.7 Å². The first kappa shape index (κ1) is 12.4. The Morgan fingerprint density at radius 3 is 2.67 bits per heavy atom. The van der Waals surface area contributed by atoms with Crippen LogP contribution >= 0.6 is 11.8 Å². The van der Waals surface area contributed by atoms with Crippen molar-refractivity contribution in [2.24, 2.45) is 7.05 Å². The van der Waals surface area contributed by atoms with E-state index < -0.39 is 6.43 Å². The van der Waals surface area contributed by atoms with Gasteiger partial charge in [0.15, 0.2) is 5.16 Å². The molecule has 0 aromatic carbocycles. The topological polar surface area (TPSA) is 67.4 Å². The van der Waals surface area contributed by atoms with Crippen LogP contribution in [0.4, 0.5) is 8.78 Å². The Kier molecular flexibility index (Phi) is 3.53. The third-order valence-electron chi connectivity index (χ3n) is 2.13. The second-order valence-corrected chi connectivity index (χ2v) is 4.29. The minimum Gasteiger partial charge on any atom is -0.304 e. The van der Waals surface area contributed by atoms with Crippen molar-refractivity contribution in [1.29, 1.82) is 5.26 Å². The van der Waals surface area contributed by atoms with Gasteiger partial charge in [0.05, 0.1) is 5.56 Å². The van der Waals surface area contributed by atoms with Crippen LogP contribution in [0.5, 0.6) is 0 Å². The highest BCUT2D eigenvalue weighted by molar-refractivity contribution is 7.99. The van der Waals surface area contributed by atoms with Gasteiger partial charge in [-0.2, -0.15) is 5.26 Å². The van der Waals surface area contributed by atoms with E-state index in [1.807, 2.05) is 6.07 Å². The molecule has 92 valence electrons. The Balaban J connectivity index is 2.21. The summed E-state index contributed by atoms with van der Waals surface area (Å²) in [5.41, 5.74) is 0.436. The number of hydrogen-bond acceptors (Lipinski definition) is 5. The molecule has 2 rings (SSSR count). The van der Waals surface area contributed by atoms with Gasteiger partial charge in [0.2, 0.25) is 5.82 Å². The van der Waals surface area contributed by atoms with Gasteiger partial charge in [0.25, 0.3) is 6.43 Å². The first-order chi connectivity index (χ1) is 8.61. The van der Waals surface area contributed by atoms with Crippen LogP contribution in [0.2, 0.25) is 0 Å². The first-order valence-corrected chi connectivity index (χ1v) is 5.65. The van der Waals surface area contributed by atoms with Crippen LogP contribution in [0.15, 0.2) is 28.5 Å². The van der Waals surface area contributed by atoms with E-state index in [2.05, 4.69) is 15.2 Å². The number of rotatable bonds is 3. The minimum absolute atomic E-state index is 0.322. The van der Waals surface area contributed by atoms with Crippen molar-refractivity contribution in [2.45, 2.75) is 16.6 Å². The first-order valence-electron chi connectivity index (χ1n) is 4.83. The molecule has 0 aliphatic rings. The maximum atomic E-state index is 12.5. The number of alkyl halides is 2. The standard InChI is InChI=1S/C10H7F2N5S/c1-17-9(8(11)12)15-16-10(17)18-7-3-2-6(4-13)5-14-7/h2-3,5,8H,1H3. The van der Waals surface area contributed by atoms with Gasteiger partial charge in [-0.05, 0) is 23.9 Å². The summed E-state index contributed by atoms with van der Waals surface area (Å²) >= 11 is 1.11. The van der Waals surface area contributed by atoms with Gasteiger partial charge >= 0.3 is 0 Å². The summed E-state index contributed by atoms with van der Waals surface area (Å²) in [7, 11) is 1.47. The van der Waals surface area contributed by atoms with Gasteiger partial charge in [-0.25, -0.2) is 13.8 Å². The predicted octanol–water partition coefficient (Wildman–Crippen LogP) is 2.17. The largest absolute Gasteiger partial charge is 0.304 e. The second kappa shape index (κ2) is 5.10. The van der Waals surface area contributed by atoms with Crippen molar-refractivity contribution in [3.05, 3.63) is 29.7 Å². The molecule has 5 nitrogen and oxygen atoms in total. The lowest BCUT2D eigenvalue weighted by Crippen LogP contribution is -1.99. The molecule has 0 unspecified atom stereocenters. The number of nitrogens with zero attached hydrogens (tertiary/aromatic N) is 5. The highest BCUT2D eigenvalue weighted by Crippen LogP contribution is 2.26. The van der Waals surface area contributed by atoms with E-state index in [0.29, 0.717) is 15.7 Å². The maximum absolute atomic E-state index is 12.5. The summed E-state index contributed by atoms with van der Waals surface area (Å²) in [5, 5.41) is 16.6. The molecule has 0 saturated heterocycles. The molecule has 0 atom stereocenters. The molecule has 0 amide bonds. The summed E-state index contributed by atoms with van der Waals surface area (Å²) in [6.07, 6.45) is -1.25. The van der Waals surface area contributed by atoms with Gasteiger partial charge in [-0.1, -0.05) is 0 Å². The average molecular weight is 267 g/mol. The fourth-order valence-corrected chi connectivity index (χ4v) is 1.95. The quantitative estimate of drug-likeness (QED) is 0.852. The maximum Gasteiger partial charge on any atom is 0.297 e. The summed E-state index contributed by atoms with van der Waals surface area (Å²) in [5.74, 6) is -0.383. The highest BCUT2D eigenvalue weighted by Gasteiger charge is 2.18. The fraction of sp³-hybridized carbons (Fsp3) is 0.200. The summed E-state index contributed by atoms with van der Waals surface area (Å²) in [6, 6.07) is 5.17. The number of pyridine rings is 1. The minimum atomic E-state index is -2.66. The van der Waals surface area contributed by atoms with Crippen molar-refractivity contribution >= 4 is 11.8 Å². The third kappa shape index (κ3) is 2.46. The summed E-state index contributed by atoms with van der Waals surface area (Å²) in [6.45, 7) is 0. The average Bonchev–Trinajstić information content (AvgIpc) is 2.72. The molecule has 0 radical (unpaired) electrons. The number of aromatic nitrogens is 4. The number of nitriles is 1. The smallest absolute Gasteiger partial charge is 0.297 e. The molecule has 18 heavy (non-hydrogen) atoms. The van der Waals surface area contributed by atoms with Crippen LogP contribution in [0.1, 0.15) is 17.8 Å². The molecule has 2 aromatic rings. The second-order valence-electron chi connectivity index (χ2n) is 3.30. The third-order valence-corrected chi connectivity index (χ3v) is 3.11. The van der Waals surface area contributed by atoms with Gasteiger partial charge in [-0.15, -0.1) is 10.2 Å². The van der Waals surface area contributed by atoms with Gasteiger partial charge in [0.1, 0.15) is 11.1 Å². The Bertz CT molecular complexity index is 587. The van der Waals surface area contributed by atoms with Crippen LogP contribution in [-0.4, -0.2) is 19.7 Å². The summed E-state index contributed by atoms with van der Waals surface area (Å²) < 4.78 is 26.2. The Morgan fingerprint density at radius 2 is 2.17 bits per heavy atom. The van der Waals surface area contributed by atoms with Crippen molar-refractivity contribution < 1.29 is 8.78 Å². The van der Waals surface area contributed by atoms with Crippen LogP contribution in [0, 0.1) is 11.3 Å².